The molecule has 1 atom stereocenters. The van der Waals surface area contributed by atoms with Crippen LogP contribution in [0.5, 0.6) is 0 Å². The number of nitrogens with zero attached hydrogens (tertiary/aromatic N) is 2. The maximum atomic E-state index is 13.2. The molecular weight excluding hydrogens is 353 g/mol. The minimum absolute atomic E-state index is 0.0367. The molecule has 4 nitrogen and oxygen atoms in total. The van der Waals surface area contributed by atoms with Gasteiger partial charge >= 0.3 is 0 Å². The number of nitrogens with one attached hydrogen (secondary N) is 1. The second-order valence-electron chi connectivity index (χ2n) is 6.38. The average Bonchev–Trinajstić information content (AvgIpc) is 3.32. The van der Waals surface area contributed by atoms with E-state index < -0.39 is 0 Å². The predicted molar refractivity (Wildman–Crippen MR) is 98.4 cm³/mol. The molecule has 1 unspecified atom stereocenters. The molecule has 1 N–H and O–H groups in total. The first-order valence-corrected chi connectivity index (χ1v) is 8.87. The Bertz CT molecular complexity index is 921. The van der Waals surface area contributed by atoms with Gasteiger partial charge in [0.15, 0.2) is 0 Å². The van der Waals surface area contributed by atoms with Crippen molar-refractivity contribution < 1.29 is 9.18 Å². The summed E-state index contributed by atoms with van der Waals surface area (Å²) in [4.78, 5) is 14.8. The summed E-state index contributed by atoms with van der Waals surface area (Å²) in [6, 6.07) is 15.4. The van der Waals surface area contributed by atoms with Gasteiger partial charge in [-0.05, 0) is 48.7 Å². The van der Waals surface area contributed by atoms with Gasteiger partial charge < -0.3 is 4.90 Å². The molecule has 1 amide bonds. The summed E-state index contributed by atoms with van der Waals surface area (Å²) in [5, 5.41) is 7.75. The van der Waals surface area contributed by atoms with Crippen molar-refractivity contribution in [2.75, 3.05) is 6.54 Å². The van der Waals surface area contributed by atoms with Crippen LogP contribution in [0.25, 0.3) is 11.3 Å². The Morgan fingerprint density at radius 2 is 1.88 bits per heavy atom. The van der Waals surface area contributed by atoms with Crippen molar-refractivity contribution in [2.45, 2.75) is 18.9 Å². The van der Waals surface area contributed by atoms with E-state index in [4.69, 9.17) is 11.6 Å². The van der Waals surface area contributed by atoms with Crippen molar-refractivity contribution in [3.63, 3.8) is 0 Å². The second kappa shape index (κ2) is 6.92. The SMILES string of the molecule is O=C(c1cc(-c2ccc(Cl)cc2)n[nH]1)N1CCCC1c1ccc(F)cc1. The summed E-state index contributed by atoms with van der Waals surface area (Å²) in [5.41, 5.74) is 2.99. The highest BCUT2D eigenvalue weighted by molar-refractivity contribution is 6.30. The maximum absolute atomic E-state index is 13.2. The van der Waals surface area contributed by atoms with E-state index in [0.29, 0.717) is 23.0 Å². The van der Waals surface area contributed by atoms with Gasteiger partial charge in [0, 0.05) is 17.1 Å². The number of aromatic nitrogens is 2. The van der Waals surface area contributed by atoms with E-state index >= 15 is 0 Å². The minimum Gasteiger partial charge on any atom is -0.330 e. The van der Waals surface area contributed by atoms with Crippen molar-refractivity contribution in [2.24, 2.45) is 0 Å². The fraction of sp³-hybridized carbons (Fsp3) is 0.200. The average molecular weight is 370 g/mol. The normalized spacial score (nSPS) is 16.8. The Labute approximate surface area is 155 Å². The number of likely N-dealkylation sites (tertiary alicyclic amines) is 1. The van der Waals surface area contributed by atoms with Crippen LogP contribution >= 0.6 is 11.6 Å². The van der Waals surface area contributed by atoms with Gasteiger partial charge in [0.2, 0.25) is 0 Å². The molecule has 1 fully saturated rings. The highest BCUT2D eigenvalue weighted by Gasteiger charge is 2.31. The highest BCUT2D eigenvalue weighted by Crippen LogP contribution is 2.33. The maximum Gasteiger partial charge on any atom is 0.272 e. The number of aromatic amines is 1. The van der Waals surface area contributed by atoms with Gasteiger partial charge in [-0.15, -0.1) is 0 Å². The van der Waals surface area contributed by atoms with E-state index in [-0.39, 0.29) is 17.8 Å². The summed E-state index contributed by atoms with van der Waals surface area (Å²) >= 11 is 5.91. The molecule has 6 heteroatoms. The monoisotopic (exact) mass is 369 g/mol. The summed E-state index contributed by atoms with van der Waals surface area (Å²) in [6.45, 7) is 0.677. The van der Waals surface area contributed by atoms with Gasteiger partial charge in [0.05, 0.1) is 11.7 Å². The lowest BCUT2D eigenvalue weighted by molar-refractivity contribution is 0.0729. The molecule has 4 rings (SSSR count). The van der Waals surface area contributed by atoms with E-state index in [2.05, 4.69) is 10.2 Å². The molecule has 0 aliphatic carbocycles. The zero-order valence-corrected chi connectivity index (χ0v) is 14.7. The zero-order chi connectivity index (χ0) is 18.1. The standard InChI is InChI=1S/C20H17ClFN3O/c21-15-7-3-13(4-8-15)17-12-18(24-23-17)20(26)25-11-1-2-19(25)14-5-9-16(22)10-6-14/h3-10,12,19H,1-2,11H2,(H,23,24). The number of hydrogen-bond acceptors (Lipinski definition) is 2. The van der Waals surface area contributed by atoms with E-state index in [9.17, 15) is 9.18 Å². The van der Waals surface area contributed by atoms with Crippen LogP contribution in [0.4, 0.5) is 4.39 Å². The largest absolute Gasteiger partial charge is 0.330 e. The Kier molecular flexibility index (Phi) is 4.47. The van der Waals surface area contributed by atoms with Crippen LogP contribution in [0.1, 0.15) is 34.9 Å². The van der Waals surface area contributed by atoms with Crippen LogP contribution in [0.2, 0.25) is 5.02 Å². The van der Waals surface area contributed by atoms with Gasteiger partial charge in [-0.3, -0.25) is 9.89 Å². The lowest BCUT2D eigenvalue weighted by atomic mass is 10.0. The first kappa shape index (κ1) is 16.8. The third-order valence-corrected chi connectivity index (χ3v) is 4.97. The number of rotatable bonds is 3. The van der Waals surface area contributed by atoms with Gasteiger partial charge in [-0.25, -0.2) is 4.39 Å². The Hall–Kier alpha value is -2.66. The molecule has 26 heavy (non-hydrogen) atoms. The lowest BCUT2D eigenvalue weighted by Gasteiger charge is -2.24. The molecule has 1 aliphatic rings. The van der Waals surface area contributed by atoms with E-state index in [1.54, 1.807) is 30.3 Å². The van der Waals surface area contributed by atoms with Crippen LogP contribution in [-0.2, 0) is 0 Å². The number of carbonyl (C=O) groups is 1. The molecule has 0 bridgehead atoms. The van der Waals surface area contributed by atoms with Crippen LogP contribution in [0.3, 0.4) is 0 Å². The summed E-state index contributed by atoms with van der Waals surface area (Å²) in [6.07, 6.45) is 1.79. The first-order valence-electron chi connectivity index (χ1n) is 8.49. The molecule has 2 heterocycles. The number of amides is 1. The van der Waals surface area contributed by atoms with Crippen molar-refractivity contribution in [3.05, 3.63) is 76.7 Å². The summed E-state index contributed by atoms with van der Waals surface area (Å²) in [5.74, 6) is -0.365. The van der Waals surface area contributed by atoms with E-state index in [1.807, 2.05) is 17.0 Å². The van der Waals surface area contributed by atoms with Crippen molar-refractivity contribution in [1.29, 1.82) is 0 Å². The van der Waals surface area contributed by atoms with E-state index in [0.717, 1.165) is 24.0 Å². The quantitative estimate of drug-likeness (QED) is 0.717. The number of halogens is 2. The van der Waals surface area contributed by atoms with Crippen LogP contribution < -0.4 is 0 Å². The Morgan fingerprint density at radius 1 is 1.15 bits per heavy atom. The molecule has 0 radical (unpaired) electrons. The van der Waals surface area contributed by atoms with Crippen molar-refractivity contribution in [1.82, 2.24) is 15.1 Å². The van der Waals surface area contributed by atoms with Crippen LogP contribution in [0.15, 0.2) is 54.6 Å². The lowest BCUT2D eigenvalue weighted by Crippen LogP contribution is -2.30. The molecule has 132 valence electrons. The third-order valence-electron chi connectivity index (χ3n) is 4.72. The molecule has 3 aromatic rings. The van der Waals surface area contributed by atoms with Gasteiger partial charge in [-0.1, -0.05) is 35.9 Å². The molecular formula is C20H17ClFN3O. The first-order chi connectivity index (χ1) is 12.6. The molecule has 2 aromatic carbocycles. The van der Waals surface area contributed by atoms with Crippen molar-refractivity contribution in [3.8, 4) is 11.3 Å². The zero-order valence-electron chi connectivity index (χ0n) is 14.0. The second-order valence-corrected chi connectivity index (χ2v) is 6.82. The Balaban J connectivity index is 1.57. The number of hydrogen-bond donors (Lipinski definition) is 1. The number of H-pyrrole nitrogens is 1. The topological polar surface area (TPSA) is 49.0 Å². The number of carbonyl (C=O) groups excluding carboxylic acids is 1. The summed E-state index contributed by atoms with van der Waals surface area (Å²) in [7, 11) is 0. The third kappa shape index (κ3) is 3.22. The van der Waals surface area contributed by atoms with Gasteiger partial charge in [-0.2, -0.15) is 5.10 Å². The highest BCUT2D eigenvalue weighted by atomic mass is 35.5. The van der Waals surface area contributed by atoms with Crippen molar-refractivity contribution >= 4 is 17.5 Å². The predicted octanol–water partition coefficient (Wildman–Crippen LogP) is 4.85. The molecule has 1 saturated heterocycles. The molecule has 0 spiro atoms. The smallest absolute Gasteiger partial charge is 0.272 e. The van der Waals surface area contributed by atoms with Crippen LogP contribution in [-0.4, -0.2) is 27.5 Å². The number of benzene rings is 2. The fourth-order valence-electron chi connectivity index (χ4n) is 3.40. The summed E-state index contributed by atoms with van der Waals surface area (Å²) < 4.78 is 13.2. The molecule has 0 saturated carbocycles. The fourth-order valence-corrected chi connectivity index (χ4v) is 3.52. The van der Waals surface area contributed by atoms with Gasteiger partial charge in [0.1, 0.15) is 11.5 Å². The van der Waals surface area contributed by atoms with E-state index in [1.165, 1.54) is 12.1 Å². The minimum atomic E-state index is -0.272. The molecule has 1 aliphatic heterocycles. The Morgan fingerprint density at radius 3 is 2.62 bits per heavy atom. The molecule has 1 aromatic heterocycles. The van der Waals surface area contributed by atoms with Crippen LogP contribution in [0, 0.1) is 5.82 Å². The van der Waals surface area contributed by atoms with Gasteiger partial charge in [0.25, 0.3) is 5.91 Å².